The summed E-state index contributed by atoms with van der Waals surface area (Å²) >= 11 is 6.88. The van der Waals surface area contributed by atoms with E-state index in [0.29, 0.717) is 0 Å². The normalized spacial score (nSPS) is 16.9. The van der Waals surface area contributed by atoms with Gasteiger partial charge in [0.05, 0.1) is 5.69 Å². The van der Waals surface area contributed by atoms with Gasteiger partial charge in [-0.05, 0) is 40.0 Å². The molecule has 1 aliphatic rings. The molecule has 5 nitrogen and oxygen atoms in total. The van der Waals surface area contributed by atoms with Crippen molar-refractivity contribution in [2.75, 3.05) is 5.32 Å². The third-order valence-electron chi connectivity index (χ3n) is 3.00. The Bertz CT molecular complexity index is 646. The predicted octanol–water partition coefficient (Wildman–Crippen LogP) is 3.91. The maximum Gasteiger partial charge on any atom is 0.350 e. The Morgan fingerprint density at radius 2 is 1.77 bits per heavy atom. The van der Waals surface area contributed by atoms with Crippen LogP contribution in [0.15, 0.2) is 32.9 Å². The average molecular weight is 433 g/mol. The molecule has 1 aliphatic heterocycles. The SMILES string of the molecule is CCc1cc(Br)cc(Br)c1NC=C1C(=O)OC(C)(C)OC1=O. The van der Waals surface area contributed by atoms with Crippen LogP contribution in [0.2, 0.25) is 0 Å². The van der Waals surface area contributed by atoms with Gasteiger partial charge < -0.3 is 14.8 Å². The lowest BCUT2D eigenvalue weighted by atomic mass is 10.1. The van der Waals surface area contributed by atoms with E-state index in [-0.39, 0.29) is 5.57 Å². The number of rotatable bonds is 3. The molecule has 22 heavy (non-hydrogen) atoms. The fourth-order valence-electron chi connectivity index (χ4n) is 1.99. The van der Waals surface area contributed by atoms with Gasteiger partial charge in [0.1, 0.15) is 0 Å². The number of hydrogen-bond acceptors (Lipinski definition) is 5. The number of carbonyl (C=O) groups is 2. The second-order valence-electron chi connectivity index (χ2n) is 5.16. The Kier molecular flexibility index (Phi) is 4.97. The number of esters is 2. The lowest BCUT2D eigenvalue weighted by Gasteiger charge is -2.29. The predicted molar refractivity (Wildman–Crippen MR) is 89.2 cm³/mol. The van der Waals surface area contributed by atoms with Gasteiger partial charge in [0, 0.05) is 29.0 Å². The highest BCUT2D eigenvalue weighted by Gasteiger charge is 2.38. The van der Waals surface area contributed by atoms with E-state index < -0.39 is 17.7 Å². The summed E-state index contributed by atoms with van der Waals surface area (Å²) in [5.74, 6) is -2.65. The molecule has 0 bridgehead atoms. The first-order valence-electron chi connectivity index (χ1n) is 6.65. The van der Waals surface area contributed by atoms with Crippen LogP contribution >= 0.6 is 31.9 Å². The first kappa shape index (κ1) is 17.0. The van der Waals surface area contributed by atoms with Crippen molar-refractivity contribution in [3.63, 3.8) is 0 Å². The summed E-state index contributed by atoms with van der Waals surface area (Å²) in [7, 11) is 0. The van der Waals surface area contributed by atoms with E-state index in [0.717, 1.165) is 26.6 Å². The van der Waals surface area contributed by atoms with Crippen molar-refractivity contribution in [3.8, 4) is 0 Å². The molecule has 1 aromatic carbocycles. The van der Waals surface area contributed by atoms with Crippen molar-refractivity contribution in [1.82, 2.24) is 0 Å². The minimum atomic E-state index is -1.24. The maximum absolute atomic E-state index is 11.9. The Hall–Kier alpha value is -1.34. The second kappa shape index (κ2) is 6.42. The van der Waals surface area contributed by atoms with Crippen LogP contribution in [-0.2, 0) is 25.5 Å². The molecule has 2 rings (SSSR count). The van der Waals surface area contributed by atoms with Crippen molar-refractivity contribution in [2.45, 2.75) is 33.0 Å². The summed E-state index contributed by atoms with van der Waals surface area (Å²) in [4.78, 5) is 23.8. The highest BCUT2D eigenvalue weighted by atomic mass is 79.9. The van der Waals surface area contributed by atoms with E-state index in [2.05, 4.69) is 37.2 Å². The van der Waals surface area contributed by atoms with Crippen LogP contribution in [0.5, 0.6) is 0 Å². The smallest absolute Gasteiger partial charge is 0.350 e. The summed E-state index contributed by atoms with van der Waals surface area (Å²) in [5.41, 5.74) is 1.64. The zero-order chi connectivity index (χ0) is 16.5. The van der Waals surface area contributed by atoms with Gasteiger partial charge in [-0.15, -0.1) is 0 Å². The number of anilines is 1. The zero-order valence-corrected chi connectivity index (χ0v) is 15.5. The summed E-state index contributed by atoms with van der Waals surface area (Å²) in [5, 5.41) is 2.99. The van der Waals surface area contributed by atoms with Crippen molar-refractivity contribution in [2.24, 2.45) is 0 Å². The topological polar surface area (TPSA) is 64.6 Å². The van der Waals surface area contributed by atoms with E-state index in [4.69, 9.17) is 9.47 Å². The summed E-state index contributed by atoms with van der Waals surface area (Å²) in [6.45, 7) is 5.03. The van der Waals surface area contributed by atoms with E-state index in [1.54, 1.807) is 0 Å². The Labute approximate surface area is 145 Å². The van der Waals surface area contributed by atoms with E-state index >= 15 is 0 Å². The molecule has 0 spiro atoms. The van der Waals surface area contributed by atoms with Gasteiger partial charge in [0.2, 0.25) is 0 Å². The number of nitrogens with one attached hydrogen (secondary N) is 1. The average Bonchev–Trinajstić information content (AvgIpc) is 2.37. The fourth-order valence-corrected chi connectivity index (χ4v) is 3.42. The third-order valence-corrected chi connectivity index (χ3v) is 4.08. The van der Waals surface area contributed by atoms with Crippen LogP contribution in [0.1, 0.15) is 26.3 Å². The number of halogens is 2. The molecule has 0 saturated carbocycles. The van der Waals surface area contributed by atoms with E-state index in [1.165, 1.54) is 20.0 Å². The molecular weight excluding hydrogens is 418 g/mol. The highest BCUT2D eigenvalue weighted by molar-refractivity contribution is 9.11. The molecule has 1 saturated heterocycles. The number of benzene rings is 1. The van der Waals surface area contributed by atoms with Crippen LogP contribution < -0.4 is 5.32 Å². The molecule has 0 atom stereocenters. The standard InChI is InChI=1S/C15H15Br2NO4/c1-4-8-5-9(16)6-11(17)12(8)18-7-10-13(19)21-15(2,3)22-14(10)20/h5-7,18H,4H2,1-3H3. The number of ether oxygens (including phenoxy) is 2. The van der Waals surface area contributed by atoms with E-state index in [1.807, 2.05) is 19.1 Å². The van der Waals surface area contributed by atoms with Gasteiger partial charge in [-0.1, -0.05) is 22.9 Å². The van der Waals surface area contributed by atoms with Gasteiger partial charge in [-0.3, -0.25) is 0 Å². The first-order valence-corrected chi connectivity index (χ1v) is 8.23. The largest absolute Gasteiger partial charge is 0.419 e. The molecule has 1 heterocycles. The van der Waals surface area contributed by atoms with Crippen LogP contribution in [0.25, 0.3) is 0 Å². The Morgan fingerprint density at radius 1 is 1.18 bits per heavy atom. The van der Waals surface area contributed by atoms with Crippen LogP contribution in [0.4, 0.5) is 5.69 Å². The maximum atomic E-state index is 11.9. The van der Waals surface area contributed by atoms with Gasteiger partial charge in [0.25, 0.3) is 5.79 Å². The molecule has 0 radical (unpaired) electrons. The molecule has 1 aromatic rings. The van der Waals surface area contributed by atoms with Crippen molar-refractivity contribution in [1.29, 1.82) is 0 Å². The summed E-state index contributed by atoms with van der Waals surface area (Å²) in [6, 6.07) is 3.84. The van der Waals surface area contributed by atoms with Crippen LogP contribution in [-0.4, -0.2) is 17.7 Å². The monoisotopic (exact) mass is 431 g/mol. The number of cyclic esters (lactones) is 2. The molecular formula is C15H15Br2NO4. The number of aryl methyl sites for hydroxylation is 1. The quantitative estimate of drug-likeness (QED) is 0.445. The van der Waals surface area contributed by atoms with Gasteiger partial charge in [-0.25, -0.2) is 9.59 Å². The molecule has 7 heteroatoms. The molecule has 0 unspecified atom stereocenters. The molecule has 1 fully saturated rings. The molecule has 0 aromatic heterocycles. The second-order valence-corrected chi connectivity index (χ2v) is 6.93. The highest BCUT2D eigenvalue weighted by Crippen LogP contribution is 2.32. The minimum Gasteiger partial charge on any atom is -0.419 e. The lowest BCUT2D eigenvalue weighted by molar-refractivity contribution is -0.222. The van der Waals surface area contributed by atoms with Crippen LogP contribution in [0.3, 0.4) is 0 Å². The lowest BCUT2D eigenvalue weighted by Crippen LogP contribution is -2.42. The third kappa shape index (κ3) is 3.70. The van der Waals surface area contributed by atoms with E-state index in [9.17, 15) is 9.59 Å². The van der Waals surface area contributed by atoms with Gasteiger partial charge in [-0.2, -0.15) is 0 Å². The summed E-state index contributed by atoms with van der Waals surface area (Å²) in [6.07, 6.45) is 2.10. The molecule has 118 valence electrons. The fraction of sp³-hybridized carbons (Fsp3) is 0.333. The van der Waals surface area contributed by atoms with Gasteiger partial charge in [0.15, 0.2) is 5.57 Å². The van der Waals surface area contributed by atoms with Crippen molar-refractivity contribution >= 4 is 49.5 Å². The number of carbonyl (C=O) groups excluding carboxylic acids is 2. The Morgan fingerprint density at radius 3 is 2.32 bits per heavy atom. The molecule has 0 aliphatic carbocycles. The first-order chi connectivity index (χ1) is 10.2. The number of hydrogen-bond donors (Lipinski definition) is 1. The molecule has 1 N–H and O–H groups in total. The minimum absolute atomic E-state index is 0.170. The van der Waals surface area contributed by atoms with Crippen molar-refractivity contribution in [3.05, 3.63) is 38.4 Å². The molecule has 0 amide bonds. The van der Waals surface area contributed by atoms with Crippen LogP contribution in [0, 0.1) is 0 Å². The summed E-state index contributed by atoms with van der Waals surface area (Å²) < 4.78 is 11.8. The van der Waals surface area contributed by atoms with Crippen molar-refractivity contribution < 1.29 is 19.1 Å². The zero-order valence-electron chi connectivity index (χ0n) is 12.3. The Balaban J connectivity index is 2.29. The van der Waals surface area contributed by atoms with Gasteiger partial charge >= 0.3 is 11.9 Å².